The molecule has 1 fully saturated rings. The lowest BCUT2D eigenvalue weighted by molar-refractivity contribution is -0.143. The van der Waals surface area contributed by atoms with Gasteiger partial charge in [-0.2, -0.15) is 0 Å². The highest BCUT2D eigenvalue weighted by Gasteiger charge is 2.49. The predicted molar refractivity (Wildman–Crippen MR) is 65.2 cm³/mol. The third kappa shape index (κ3) is 2.62. The molecule has 0 unspecified atom stereocenters. The molecule has 1 aromatic carbocycles. The number of aliphatic carboxylic acids is 1. The third-order valence-electron chi connectivity index (χ3n) is 2.99. The fourth-order valence-electron chi connectivity index (χ4n) is 1.71. The van der Waals surface area contributed by atoms with Crippen molar-refractivity contribution in [3.8, 4) is 0 Å². The van der Waals surface area contributed by atoms with E-state index in [9.17, 15) is 4.79 Å². The molecule has 0 spiro atoms. The first-order chi connectivity index (χ1) is 7.62. The SMILES string of the molecule is O=C(O)C1(CNCc2cccc(Br)c2)CC1. The molecule has 1 aliphatic carbocycles. The molecule has 0 atom stereocenters. The number of carboxylic acid groups (broad SMARTS) is 1. The Bertz CT molecular complexity index is 402. The summed E-state index contributed by atoms with van der Waals surface area (Å²) in [6.45, 7) is 1.28. The number of halogens is 1. The molecule has 2 N–H and O–H groups in total. The van der Waals surface area contributed by atoms with Crippen LogP contribution in [0.3, 0.4) is 0 Å². The summed E-state index contributed by atoms with van der Waals surface area (Å²) in [6.07, 6.45) is 1.60. The Morgan fingerprint density at radius 1 is 1.50 bits per heavy atom. The molecule has 86 valence electrons. The van der Waals surface area contributed by atoms with E-state index in [-0.39, 0.29) is 0 Å². The van der Waals surface area contributed by atoms with Gasteiger partial charge in [0.25, 0.3) is 0 Å². The van der Waals surface area contributed by atoms with Crippen LogP contribution in [0, 0.1) is 5.41 Å². The van der Waals surface area contributed by atoms with Crippen molar-refractivity contribution in [2.45, 2.75) is 19.4 Å². The van der Waals surface area contributed by atoms with Crippen LogP contribution in [0.5, 0.6) is 0 Å². The number of nitrogens with one attached hydrogen (secondary N) is 1. The molecule has 0 aliphatic heterocycles. The van der Waals surface area contributed by atoms with E-state index in [0.717, 1.165) is 22.9 Å². The Kier molecular flexibility index (Phi) is 3.30. The molecule has 0 bridgehead atoms. The van der Waals surface area contributed by atoms with E-state index in [4.69, 9.17) is 5.11 Å². The standard InChI is InChI=1S/C12H14BrNO2/c13-10-3-1-2-9(6-10)7-14-8-12(4-5-12)11(15)16/h1-3,6,14H,4-5,7-8H2,(H,15,16). The molecule has 0 heterocycles. The summed E-state index contributed by atoms with van der Waals surface area (Å²) in [5.74, 6) is -0.672. The van der Waals surface area contributed by atoms with Crippen molar-refractivity contribution in [2.75, 3.05) is 6.54 Å². The van der Waals surface area contributed by atoms with Crippen LogP contribution in [-0.2, 0) is 11.3 Å². The van der Waals surface area contributed by atoms with Crippen LogP contribution < -0.4 is 5.32 Å². The van der Waals surface area contributed by atoms with Gasteiger partial charge in [-0.15, -0.1) is 0 Å². The summed E-state index contributed by atoms with van der Waals surface area (Å²) >= 11 is 3.41. The minimum Gasteiger partial charge on any atom is -0.481 e. The summed E-state index contributed by atoms with van der Waals surface area (Å²) < 4.78 is 1.05. The zero-order chi connectivity index (χ0) is 11.6. The van der Waals surface area contributed by atoms with E-state index in [1.54, 1.807) is 0 Å². The van der Waals surface area contributed by atoms with E-state index in [0.29, 0.717) is 13.1 Å². The van der Waals surface area contributed by atoms with E-state index in [1.807, 2.05) is 24.3 Å². The van der Waals surface area contributed by atoms with Gasteiger partial charge in [0.2, 0.25) is 0 Å². The second-order valence-corrected chi connectivity index (χ2v) is 5.23. The number of carboxylic acids is 1. The van der Waals surface area contributed by atoms with E-state index in [1.165, 1.54) is 0 Å². The topological polar surface area (TPSA) is 49.3 Å². The second kappa shape index (κ2) is 4.55. The average molecular weight is 284 g/mol. The molecule has 0 saturated heterocycles. The largest absolute Gasteiger partial charge is 0.481 e. The van der Waals surface area contributed by atoms with Crippen molar-refractivity contribution >= 4 is 21.9 Å². The second-order valence-electron chi connectivity index (χ2n) is 4.32. The smallest absolute Gasteiger partial charge is 0.310 e. The maximum Gasteiger partial charge on any atom is 0.310 e. The summed E-state index contributed by atoms with van der Waals surface area (Å²) in [6, 6.07) is 8.01. The van der Waals surface area contributed by atoms with E-state index < -0.39 is 11.4 Å². The minimum atomic E-state index is -0.672. The van der Waals surface area contributed by atoms with Crippen LogP contribution in [0.4, 0.5) is 0 Å². The molecular formula is C12H14BrNO2. The summed E-state index contributed by atoms with van der Waals surface area (Å²) in [5, 5.41) is 12.2. The van der Waals surface area contributed by atoms with Crippen molar-refractivity contribution in [3.05, 3.63) is 34.3 Å². The number of carbonyl (C=O) groups is 1. The highest BCUT2D eigenvalue weighted by Crippen LogP contribution is 2.45. The third-order valence-corrected chi connectivity index (χ3v) is 3.48. The van der Waals surface area contributed by atoms with Gasteiger partial charge in [0, 0.05) is 17.6 Å². The zero-order valence-electron chi connectivity index (χ0n) is 8.87. The first-order valence-corrected chi connectivity index (χ1v) is 6.10. The molecule has 16 heavy (non-hydrogen) atoms. The Balaban J connectivity index is 1.83. The average Bonchev–Trinajstić information content (AvgIpc) is 2.99. The quantitative estimate of drug-likeness (QED) is 0.873. The van der Waals surface area contributed by atoms with Gasteiger partial charge in [0.05, 0.1) is 5.41 Å². The van der Waals surface area contributed by atoms with Crippen LogP contribution in [0.2, 0.25) is 0 Å². The van der Waals surface area contributed by atoms with Gasteiger partial charge < -0.3 is 10.4 Å². The Hall–Kier alpha value is -0.870. The van der Waals surface area contributed by atoms with Crippen molar-refractivity contribution in [1.82, 2.24) is 5.32 Å². The summed E-state index contributed by atoms with van der Waals surface area (Å²) in [7, 11) is 0. The Labute approximate surface area is 103 Å². The molecule has 1 aliphatic rings. The van der Waals surface area contributed by atoms with Gasteiger partial charge in [0.1, 0.15) is 0 Å². The molecule has 3 nitrogen and oxygen atoms in total. The van der Waals surface area contributed by atoms with Crippen LogP contribution in [-0.4, -0.2) is 17.6 Å². The number of hydrogen-bond acceptors (Lipinski definition) is 2. The van der Waals surface area contributed by atoms with Gasteiger partial charge in [-0.25, -0.2) is 0 Å². The highest BCUT2D eigenvalue weighted by molar-refractivity contribution is 9.10. The van der Waals surface area contributed by atoms with Crippen molar-refractivity contribution in [2.24, 2.45) is 5.41 Å². The lowest BCUT2D eigenvalue weighted by Gasteiger charge is -2.11. The summed E-state index contributed by atoms with van der Waals surface area (Å²) in [5.41, 5.74) is 0.682. The Morgan fingerprint density at radius 3 is 2.81 bits per heavy atom. The molecular weight excluding hydrogens is 270 g/mol. The fourth-order valence-corrected chi connectivity index (χ4v) is 2.16. The van der Waals surface area contributed by atoms with Gasteiger partial charge in [0.15, 0.2) is 0 Å². The lowest BCUT2D eigenvalue weighted by atomic mass is 10.1. The molecule has 2 rings (SSSR count). The Morgan fingerprint density at radius 2 is 2.25 bits per heavy atom. The number of hydrogen-bond donors (Lipinski definition) is 2. The first-order valence-electron chi connectivity index (χ1n) is 5.31. The lowest BCUT2D eigenvalue weighted by Crippen LogP contribution is -2.29. The van der Waals surface area contributed by atoms with Gasteiger partial charge in [-0.1, -0.05) is 28.1 Å². The maximum atomic E-state index is 10.9. The predicted octanol–water partition coefficient (Wildman–Crippen LogP) is 2.40. The summed E-state index contributed by atoms with van der Waals surface area (Å²) in [4.78, 5) is 10.9. The van der Waals surface area contributed by atoms with E-state index in [2.05, 4.69) is 21.2 Å². The van der Waals surface area contributed by atoms with Crippen molar-refractivity contribution in [1.29, 1.82) is 0 Å². The number of benzene rings is 1. The van der Waals surface area contributed by atoms with Crippen LogP contribution in [0.1, 0.15) is 18.4 Å². The zero-order valence-corrected chi connectivity index (χ0v) is 10.5. The van der Waals surface area contributed by atoms with Gasteiger partial charge in [-0.05, 0) is 30.5 Å². The van der Waals surface area contributed by atoms with Gasteiger partial charge in [-0.3, -0.25) is 4.79 Å². The van der Waals surface area contributed by atoms with E-state index >= 15 is 0 Å². The molecule has 0 aromatic heterocycles. The molecule has 0 amide bonds. The normalized spacial score (nSPS) is 17.1. The minimum absolute atomic E-state index is 0.480. The van der Waals surface area contributed by atoms with Crippen LogP contribution in [0.25, 0.3) is 0 Å². The van der Waals surface area contributed by atoms with Crippen LogP contribution >= 0.6 is 15.9 Å². The molecule has 4 heteroatoms. The fraction of sp³-hybridized carbons (Fsp3) is 0.417. The monoisotopic (exact) mass is 283 g/mol. The van der Waals surface area contributed by atoms with Crippen LogP contribution in [0.15, 0.2) is 28.7 Å². The maximum absolute atomic E-state index is 10.9. The first kappa shape index (κ1) is 11.6. The highest BCUT2D eigenvalue weighted by atomic mass is 79.9. The van der Waals surface area contributed by atoms with Gasteiger partial charge >= 0.3 is 5.97 Å². The molecule has 1 saturated carbocycles. The molecule has 0 radical (unpaired) electrons. The number of rotatable bonds is 5. The molecule has 1 aromatic rings. The van der Waals surface area contributed by atoms with Crippen molar-refractivity contribution < 1.29 is 9.90 Å². The van der Waals surface area contributed by atoms with Crippen molar-refractivity contribution in [3.63, 3.8) is 0 Å².